The van der Waals surface area contributed by atoms with Crippen LogP contribution in [-0.4, -0.2) is 63.8 Å². The predicted octanol–water partition coefficient (Wildman–Crippen LogP) is 1.99. The number of sulfonamides is 1. The summed E-state index contributed by atoms with van der Waals surface area (Å²) in [6.07, 6.45) is 2.98. The van der Waals surface area contributed by atoms with Crippen molar-refractivity contribution >= 4 is 16.0 Å². The number of benzene rings is 1. The third-order valence-corrected chi connectivity index (χ3v) is 6.08. The van der Waals surface area contributed by atoms with E-state index in [4.69, 9.17) is 4.74 Å². The average Bonchev–Trinajstić information content (AvgIpc) is 2.63. The molecule has 0 radical (unpaired) electrons. The second-order valence-electron chi connectivity index (χ2n) is 7.45. The summed E-state index contributed by atoms with van der Waals surface area (Å²) in [5.41, 5.74) is 1.17. The van der Waals surface area contributed by atoms with Crippen LogP contribution in [0.4, 0.5) is 0 Å². The molecule has 1 aliphatic heterocycles. The molecule has 2 N–H and O–H groups in total. The van der Waals surface area contributed by atoms with Gasteiger partial charge in [0.2, 0.25) is 10.0 Å². The SMILES string of the molecule is CCNC(=NCC(C)Oc1cccc(C)c1)NCC1CCN(S(C)(=O)=O)CC1. The van der Waals surface area contributed by atoms with Crippen molar-refractivity contribution in [2.75, 3.05) is 39.0 Å². The van der Waals surface area contributed by atoms with Gasteiger partial charge in [0.15, 0.2) is 5.96 Å². The van der Waals surface area contributed by atoms with Gasteiger partial charge in [-0.25, -0.2) is 17.7 Å². The van der Waals surface area contributed by atoms with Crippen LogP contribution in [0.1, 0.15) is 32.3 Å². The Kier molecular flexibility index (Phi) is 8.57. The van der Waals surface area contributed by atoms with Crippen LogP contribution in [0.15, 0.2) is 29.3 Å². The lowest BCUT2D eigenvalue weighted by Gasteiger charge is -2.30. The summed E-state index contributed by atoms with van der Waals surface area (Å²) >= 11 is 0. The molecule has 0 saturated carbocycles. The number of hydrogen-bond donors (Lipinski definition) is 2. The number of aryl methyl sites for hydroxylation is 1. The topological polar surface area (TPSA) is 83.0 Å². The highest BCUT2D eigenvalue weighted by molar-refractivity contribution is 7.88. The van der Waals surface area contributed by atoms with Gasteiger partial charge in [-0.15, -0.1) is 0 Å². The smallest absolute Gasteiger partial charge is 0.211 e. The van der Waals surface area contributed by atoms with Gasteiger partial charge in [-0.2, -0.15) is 0 Å². The first-order chi connectivity index (χ1) is 13.3. The molecule has 2 rings (SSSR count). The molecule has 0 aliphatic carbocycles. The molecule has 1 heterocycles. The standard InChI is InChI=1S/C20H34N4O3S/c1-5-21-20(22-14-17(3)27-19-8-6-7-16(2)13-19)23-15-18-9-11-24(12-10-18)28(4,25)26/h6-8,13,17-18H,5,9-12,14-15H2,1-4H3,(H2,21,22,23). The maximum atomic E-state index is 11.6. The van der Waals surface area contributed by atoms with Gasteiger partial charge in [-0.3, -0.25) is 0 Å². The van der Waals surface area contributed by atoms with Crippen molar-refractivity contribution in [3.63, 3.8) is 0 Å². The molecule has 8 heteroatoms. The number of nitrogens with one attached hydrogen (secondary N) is 2. The Balaban J connectivity index is 1.80. The van der Waals surface area contributed by atoms with Crippen molar-refractivity contribution in [2.45, 2.75) is 39.7 Å². The van der Waals surface area contributed by atoms with E-state index in [0.717, 1.165) is 37.6 Å². The molecule has 1 aliphatic rings. The maximum absolute atomic E-state index is 11.6. The van der Waals surface area contributed by atoms with E-state index in [1.54, 1.807) is 4.31 Å². The number of rotatable bonds is 8. The zero-order valence-electron chi connectivity index (χ0n) is 17.4. The number of aliphatic imine (C=N–C) groups is 1. The summed E-state index contributed by atoms with van der Waals surface area (Å²) in [6, 6.07) is 8.01. The zero-order valence-corrected chi connectivity index (χ0v) is 18.3. The van der Waals surface area contributed by atoms with E-state index in [9.17, 15) is 8.42 Å². The zero-order chi connectivity index (χ0) is 20.6. The molecule has 158 valence electrons. The van der Waals surface area contributed by atoms with Gasteiger partial charge in [-0.05, 0) is 57.2 Å². The van der Waals surface area contributed by atoms with Crippen LogP contribution in [0, 0.1) is 12.8 Å². The van der Waals surface area contributed by atoms with Crippen LogP contribution in [0.2, 0.25) is 0 Å². The molecule has 1 aromatic rings. The molecule has 1 saturated heterocycles. The number of hydrogen-bond acceptors (Lipinski definition) is 4. The highest BCUT2D eigenvalue weighted by Gasteiger charge is 2.24. The Hall–Kier alpha value is -1.80. The molecule has 1 aromatic carbocycles. The first kappa shape index (κ1) is 22.5. The van der Waals surface area contributed by atoms with Gasteiger partial charge in [0.1, 0.15) is 11.9 Å². The van der Waals surface area contributed by atoms with Crippen LogP contribution in [-0.2, 0) is 10.0 Å². The second-order valence-corrected chi connectivity index (χ2v) is 9.43. The predicted molar refractivity (Wildman–Crippen MR) is 114 cm³/mol. The van der Waals surface area contributed by atoms with Crippen molar-refractivity contribution in [3.05, 3.63) is 29.8 Å². The second kappa shape index (κ2) is 10.7. The van der Waals surface area contributed by atoms with Gasteiger partial charge in [0, 0.05) is 26.2 Å². The fraction of sp³-hybridized carbons (Fsp3) is 0.650. The van der Waals surface area contributed by atoms with E-state index in [1.807, 2.05) is 45.0 Å². The number of ether oxygens (including phenoxy) is 1. The first-order valence-corrected chi connectivity index (χ1v) is 11.8. The average molecular weight is 411 g/mol. The molecule has 0 amide bonds. The molecule has 28 heavy (non-hydrogen) atoms. The van der Waals surface area contributed by atoms with Crippen molar-refractivity contribution in [2.24, 2.45) is 10.9 Å². The summed E-state index contributed by atoms with van der Waals surface area (Å²) in [5, 5.41) is 6.65. The summed E-state index contributed by atoms with van der Waals surface area (Å²) in [5.74, 6) is 2.08. The van der Waals surface area contributed by atoms with Gasteiger partial charge in [-0.1, -0.05) is 12.1 Å². The van der Waals surface area contributed by atoms with E-state index in [-0.39, 0.29) is 6.10 Å². The lowest BCUT2D eigenvalue weighted by Crippen LogP contribution is -2.44. The van der Waals surface area contributed by atoms with Crippen molar-refractivity contribution in [1.29, 1.82) is 0 Å². The number of piperidine rings is 1. The minimum absolute atomic E-state index is 0.0322. The van der Waals surface area contributed by atoms with Gasteiger partial charge in [0.05, 0.1) is 12.8 Å². The quantitative estimate of drug-likeness (QED) is 0.506. The maximum Gasteiger partial charge on any atom is 0.211 e. The van der Waals surface area contributed by atoms with Crippen LogP contribution in [0.25, 0.3) is 0 Å². The van der Waals surface area contributed by atoms with Crippen molar-refractivity contribution in [3.8, 4) is 5.75 Å². The summed E-state index contributed by atoms with van der Waals surface area (Å²) in [4.78, 5) is 4.63. The van der Waals surface area contributed by atoms with Crippen LogP contribution in [0.3, 0.4) is 0 Å². The lowest BCUT2D eigenvalue weighted by atomic mass is 9.98. The minimum Gasteiger partial charge on any atom is -0.489 e. The van der Waals surface area contributed by atoms with Crippen molar-refractivity contribution < 1.29 is 13.2 Å². The Labute approximate surface area is 169 Å². The van der Waals surface area contributed by atoms with Gasteiger partial charge in [0.25, 0.3) is 0 Å². The molecule has 1 unspecified atom stereocenters. The fourth-order valence-electron chi connectivity index (χ4n) is 3.21. The molecule has 1 atom stereocenters. The van der Waals surface area contributed by atoms with Crippen molar-refractivity contribution in [1.82, 2.24) is 14.9 Å². The first-order valence-electron chi connectivity index (χ1n) is 9.98. The Morgan fingerprint density at radius 3 is 2.64 bits per heavy atom. The van der Waals surface area contributed by atoms with E-state index in [2.05, 4.69) is 15.6 Å². The van der Waals surface area contributed by atoms with Gasteiger partial charge >= 0.3 is 0 Å². The summed E-state index contributed by atoms with van der Waals surface area (Å²) in [6.45, 7) is 9.41. The molecular weight excluding hydrogens is 376 g/mol. The van der Waals surface area contributed by atoms with Crippen LogP contribution in [0.5, 0.6) is 5.75 Å². The number of nitrogens with zero attached hydrogens (tertiary/aromatic N) is 2. The Morgan fingerprint density at radius 2 is 2.04 bits per heavy atom. The Morgan fingerprint density at radius 1 is 1.32 bits per heavy atom. The summed E-state index contributed by atoms with van der Waals surface area (Å²) in [7, 11) is -3.07. The molecule has 0 aromatic heterocycles. The van der Waals surface area contributed by atoms with Crippen LogP contribution >= 0.6 is 0 Å². The third-order valence-electron chi connectivity index (χ3n) is 4.78. The molecular formula is C20H34N4O3S. The number of guanidine groups is 1. The van der Waals surface area contributed by atoms with Gasteiger partial charge < -0.3 is 15.4 Å². The molecule has 7 nitrogen and oxygen atoms in total. The van der Waals surface area contributed by atoms with E-state index in [1.165, 1.54) is 11.8 Å². The highest BCUT2D eigenvalue weighted by Crippen LogP contribution is 2.18. The molecule has 0 spiro atoms. The fourth-order valence-corrected chi connectivity index (χ4v) is 4.08. The van der Waals surface area contributed by atoms with Crippen LogP contribution < -0.4 is 15.4 Å². The molecule has 1 fully saturated rings. The Bertz CT molecular complexity index is 744. The normalized spacial score (nSPS) is 17.9. The summed E-state index contributed by atoms with van der Waals surface area (Å²) < 4.78 is 30.7. The minimum atomic E-state index is -3.07. The lowest BCUT2D eigenvalue weighted by molar-refractivity contribution is 0.230. The third kappa shape index (κ3) is 7.67. The van der Waals surface area contributed by atoms with E-state index < -0.39 is 10.0 Å². The highest BCUT2D eigenvalue weighted by atomic mass is 32.2. The largest absolute Gasteiger partial charge is 0.489 e. The molecule has 0 bridgehead atoms. The monoisotopic (exact) mass is 410 g/mol. The van der Waals surface area contributed by atoms with E-state index in [0.29, 0.717) is 25.6 Å². The van der Waals surface area contributed by atoms with E-state index >= 15 is 0 Å².